The highest BCUT2D eigenvalue weighted by atomic mass is 19.1. The Morgan fingerprint density at radius 1 is 1.43 bits per heavy atom. The molecule has 2 saturated heterocycles. The molecular weight excluding hydrogens is 301 g/mol. The Hall–Kier alpha value is -2.41. The molecular formula is C16H16FN3O3. The van der Waals surface area contributed by atoms with Gasteiger partial charge < -0.3 is 15.2 Å². The average Bonchev–Trinajstić information content (AvgIpc) is 3.22. The molecule has 2 fully saturated rings. The second-order valence-corrected chi connectivity index (χ2v) is 5.98. The largest absolute Gasteiger partial charge is 0.504 e. The zero-order valence-corrected chi connectivity index (χ0v) is 12.3. The summed E-state index contributed by atoms with van der Waals surface area (Å²) in [7, 11) is 0. The predicted octanol–water partition coefficient (Wildman–Crippen LogP) is 1.77. The molecule has 1 aromatic heterocycles. The van der Waals surface area contributed by atoms with Crippen molar-refractivity contribution in [3.8, 4) is 11.4 Å². The fourth-order valence-electron chi connectivity index (χ4n) is 3.30. The molecule has 3 heterocycles. The molecule has 2 aliphatic rings. The van der Waals surface area contributed by atoms with Crippen molar-refractivity contribution in [1.82, 2.24) is 15.1 Å². The van der Waals surface area contributed by atoms with Gasteiger partial charge in [0.2, 0.25) is 0 Å². The van der Waals surface area contributed by atoms with Gasteiger partial charge >= 0.3 is 0 Å². The lowest BCUT2D eigenvalue weighted by Crippen LogP contribution is -2.41. The smallest absolute Gasteiger partial charge is 0.275 e. The number of hydrogen-bond acceptors (Lipinski definition) is 4. The van der Waals surface area contributed by atoms with Crippen molar-refractivity contribution in [1.29, 1.82) is 0 Å². The number of nitrogens with one attached hydrogen (secondary N) is 1. The normalized spacial score (nSPS) is 25.7. The molecule has 0 spiro atoms. The zero-order valence-electron chi connectivity index (χ0n) is 12.3. The lowest BCUT2D eigenvalue weighted by Gasteiger charge is -2.19. The maximum atomic E-state index is 13.3. The van der Waals surface area contributed by atoms with Crippen LogP contribution in [0.1, 0.15) is 29.8 Å². The van der Waals surface area contributed by atoms with E-state index in [9.17, 15) is 14.3 Å². The Morgan fingerprint density at radius 2 is 2.30 bits per heavy atom. The van der Waals surface area contributed by atoms with E-state index >= 15 is 0 Å². The number of aromatic nitrogens is 2. The summed E-state index contributed by atoms with van der Waals surface area (Å²) in [5.74, 6) is -1.10. The van der Waals surface area contributed by atoms with E-state index in [0.29, 0.717) is 5.69 Å². The van der Waals surface area contributed by atoms with Gasteiger partial charge in [0.1, 0.15) is 5.82 Å². The van der Waals surface area contributed by atoms with Crippen molar-refractivity contribution in [2.45, 2.75) is 37.5 Å². The molecule has 7 heteroatoms. The molecule has 0 aliphatic carbocycles. The summed E-state index contributed by atoms with van der Waals surface area (Å²) in [6.07, 6.45) is 4.35. The first-order chi connectivity index (χ1) is 11.1. The number of halogens is 1. The number of aromatic hydroxyl groups is 1. The molecule has 0 saturated carbocycles. The summed E-state index contributed by atoms with van der Waals surface area (Å²) in [5.41, 5.74) is 0.361. The first kappa shape index (κ1) is 14.2. The van der Waals surface area contributed by atoms with Crippen LogP contribution in [-0.2, 0) is 4.74 Å². The van der Waals surface area contributed by atoms with E-state index < -0.39 is 11.7 Å². The monoisotopic (exact) mass is 317 g/mol. The van der Waals surface area contributed by atoms with Crippen molar-refractivity contribution in [3.63, 3.8) is 0 Å². The van der Waals surface area contributed by atoms with Gasteiger partial charge in [-0.2, -0.15) is 5.10 Å². The molecule has 23 heavy (non-hydrogen) atoms. The van der Waals surface area contributed by atoms with E-state index in [4.69, 9.17) is 4.74 Å². The van der Waals surface area contributed by atoms with Crippen LogP contribution in [0.4, 0.5) is 4.39 Å². The van der Waals surface area contributed by atoms with Gasteiger partial charge in [0.05, 0.1) is 30.1 Å². The molecule has 2 aliphatic heterocycles. The Labute approximate surface area is 131 Å². The van der Waals surface area contributed by atoms with Gasteiger partial charge in [-0.25, -0.2) is 9.07 Å². The minimum atomic E-state index is -0.446. The number of rotatable bonds is 3. The van der Waals surface area contributed by atoms with Crippen LogP contribution in [0, 0.1) is 5.82 Å². The van der Waals surface area contributed by atoms with Gasteiger partial charge in [-0.1, -0.05) is 6.07 Å². The molecule has 2 bridgehead atoms. The highest BCUT2D eigenvalue weighted by Gasteiger charge is 2.41. The van der Waals surface area contributed by atoms with E-state index in [1.807, 2.05) is 0 Å². The van der Waals surface area contributed by atoms with Crippen LogP contribution >= 0.6 is 0 Å². The van der Waals surface area contributed by atoms with Crippen molar-refractivity contribution >= 4 is 5.91 Å². The first-order valence-electron chi connectivity index (χ1n) is 7.61. The van der Waals surface area contributed by atoms with Crippen LogP contribution in [0.15, 0.2) is 30.5 Å². The van der Waals surface area contributed by atoms with E-state index in [2.05, 4.69) is 10.4 Å². The molecule has 3 atom stereocenters. The molecule has 6 nitrogen and oxygen atoms in total. The summed E-state index contributed by atoms with van der Waals surface area (Å²) in [6.45, 7) is 0. The van der Waals surface area contributed by atoms with Crippen LogP contribution in [0.25, 0.3) is 5.69 Å². The van der Waals surface area contributed by atoms with Gasteiger partial charge in [-0.05, 0) is 37.5 Å². The van der Waals surface area contributed by atoms with Crippen LogP contribution in [0.2, 0.25) is 0 Å². The Morgan fingerprint density at radius 3 is 3.00 bits per heavy atom. The summed E-state index contributed by atoms with van der Waals surface area (Å²) < 4.78 is 20.3. The maximum absolute atomic E-state index is 13.3. The van der Waals surface area contributed by atoms with Gasteiger partial charge in [0.25, 0.3) is 5.91 Å². The SMILES string of the molecule is O=C(N[C@@H]1C[C@@H]2CC[C@H]1O2)c1nn(-c2cccc(F)c2)cc1O. The minimum absolute atomic E-state index is 0.0417. The number of amides is 1. The number of nitrogens with zero attached hydrogens (tertiary/aromatic N) is 2. The number of hydrogen-bond donors (Lipinski definition) is 2. The van der Waals surface area contributed by atoms with Gasteiger partial charge in [0.15, 0.2) is 11.4 Å². The minimum Gasteiger partial charge on any atom is -0.504 e. The van der Waals surface area contributed by atoms with E-state index in [0.717, 1.165) is 19.3 Å². The van der Waals surface area contributed by atoms with Crippen molar-refractivity contribution in [2.75, 3.05) is 0 Å². The first-order valence-corrected chi connectivity index (χ1v) is 7.61. The van der Waals surface area contributed by atoms with E-state index in [1.54, 1.807) is 6.07 Å². The predicted molar refractivity (Wildman–Crippen MR) is 79.0 cm³/mol. The highest BCUT2D eigenvalue weighted by Crippen LogP contribution is 2.34. The molecule has 4 rings (SSSR count). The number of carbonyl (C=O) groups excluding carboxylic acids is 1. The third kappa shape index (κ3) is 2.57. The average molecular weight is 317 g/mol. The second kappa shape index (κ2) is 5.34. The van der Waals surface area contributed by atoms with Crippen LogP contribution in [-0.4, -0.2) is 39.0 Å². The maximum Gasteiger partial charge on any atom is 0.275 e. The summed E-state index contributed by atoms with van der Waals surface area (Å²) in [6, 6.07) is 5.73. The quantitative estimate of drug-likeness (QED) is 0.904. The van der Waals surface area contributed by atoms with E-state index in [-0.39, 0.29) is 29.7 Å². The molecule has 1 amide bonds. The molecule has 0 radical (unpaired) electrons. The number of ether oxygens (including phenoxy) is 1. The fourth-order valence-corrected chi connectivity index (χ4v) is 3.30. The van der Waals surface area contributed by atoms with Crippen LogP contribution in [0.3, 0.4) is 0 Å². The Kier molecular flexibility index (Phi) is 3.30. The third-order valence-corrected chi connectivity index (χ3v) is 4.41. The van der Waals surface area contributed by atoms with Gasteiger partial charge in [-0.15, -0.1) is 0 Å². The third-order valence-electron chi connectivity index (χ3n) is 4.41. The standard InChI is InChI=1S/C16H16FN3O3/c17-9-2-1-3-10(6-9)20-8-13(21)15(19-20)16(22)18-12-7-11-4-5-14(12)23-11/h1-3,6,8,11-12,14,21H,4-5,7H2,(H,18,22)/t11-,12+,14+/m0/s1. The Balaban J connectivity index is 1.54. The Bertz CT molecular complexity index is 761. The fraction of sp³-hybridized carbons (Fsp3) is 0.375. The van der Waals surface area contributed by atoms with Crippen molar-refractivity contribution in [3.05, 3.63) is 42.0 Å². The molecule has 2 N–H and O–H groups in total. The summed E-state index contributed by atoms with van der Waals surface area (Å²) >= 11 is 0. The summed E-state index contributed by atoms with van der Waals surface area (Å²) in [4.78, 5) is 12.3. The molecule has 120 valence electrons. The van der Waals surface area contributed by atoms with Gasteiger partial charge in [0, 0.05) is 0 Å². The van der Waals surface area contributed by atoms with Gasteiger partial charge in [-0.3, -0.25) is 4.79 Å². The summed E-state index contributed by atoms with van der Waals surface area (Å²) in [5, 5.41) is 16.9. The zero-order chi connectivity index (χ0) is 16.0. The lowest BCUT2D eigenvalue weighted by atomic mass is 9.95. The van der Waals surface area contributed by atoms with Crippen LogP contribution < -0.4 is 5.32 Å². The van der Waals surface area contributed by atoms with Crippen LogP contribution in [0.5, 0.6) is 5.75 Å². The number of fused-ring (bicyclic) bond motifs is 2. The number of carbonyl (C=O) groups is 1. The highest BCUT2D eigenvalue weighted by molar-refractivity contribution is 5.95. The van der Waals surface area contributed by atoms with Crippen molar-refractivity contribution < 1.29 is 19.0 Å². The molecule has 2 aromatic rings. The lowest BCUT2D eigenvalue weighted by molar-refractivity contribution is 0.0835. The number of benzene rings is 1. The molecule has 0 unspecified atom stereocenters. The topological polar surface area (TPSA) is 76.4 Å². The second-order valence-electron chi connectivity index (χ2n) is 5.98. The molecule has 1 aromatic carbocycles. The van der Waals surface area contributed by atoms with Crippen molar-refractivity contribution in [2.24, 2.45) is 0 Å². The van der Waals surface area contributed by atoms with E-state index in [1.165, 1.54) is 29.1 Å².